The molecule has 1 aliphatic heterocycles. The lowest BCUT2D eigenvalue weighted by atomic mass is 10.0. The van der Waals surface area contributed by atoms with E-state index in [-0.39, 0.29) is 11.8 Å². The number of hydrogen-bond acceptors (Lipinski definition) is 5. The molecular formula is C17H23N5O2. The van der Waals surface area contributed by atoms with E-state index in [1.165, 1.54) is 0 Å². The molecule has 0 N–H and O–H groups in total. The molecule has 0 spiro atoms. The van der Waals surface area contributed by atoms with E-state index in [0.717, 1.165) is 31.6 Å². The molecular weight excluding hydrogens is 306 g/mol. The maximum atomic E-state index is 12.5. The third-order valence-corrected chi connectivity index (χ3v) is 4.20. The molecule has 1 aliphatic rings. The Morgan fingerprint density at radius 3 is 3.08 bits per heavy atom. The molecule has 0 saturated carbocycles. The van der Waals surface area contributed by atoms with Gasteiger partial charge in [-0.25, -0.2) is 15.0 Å². The van der Waals surface area contributed by atoms with E-state index in [1.54, 1.807) is 25.0 Å². The summed E-state index contributed by atoms with van der Waals surface area (Å²) in [5.41, 5.74) is 0.994. The molecule has 1 fully saturated rings. The van der Waals surface area contributed by atoms with E-state index in [1.807, 2.05) is 21.7 Å². The fourth-order valence-electron chi connectivity index (χ4n) is 2.95. The van der Waals surface area contributed by atoms with Crippen LogP contribution in [0.4, 0.5) is 0 Å². The highest BCUT2D eigenvalue weighted by Gasteiger charge is 2.22. The van der Waals surface area contributed by atoms with Gasteiger partial charge in [0.05, 0.1) is 19.5 Å². The zero-order chi connectivity index (χ0) is 16.6. The van der Waals surface area contributed by atoms with Crippen LogP contribution in [0.5, 0.6) is 0 Å². The molecule has 2 aromatic heterocycles. The van der Waals surface area contributed by atoms with E-state index in [9.17, 15) is 4.79 Å². The minimum Gasteiger partial charge on any atom is -0.379 e. The number of carbonyl (C=O) groups excluding carboxylic acids is 1. The topological polar surface area (TPSA) is 73.1 Å². The first-order chi connectivity index (χ1) is 11.8. The van der Waals surface area contributed by atoms with Crippen molar-refractivity contribution in [2.24, 2.45) is 5.92 Å². The summed E-state index contributed by atoms with van der Waals surface area (Å²) in [5.74, 6) is 0.480. The van der Waals surface area contributed by atoms with Gasteiger partial charge in [0.2, 0.25) is 5.91 Å². The normalized spacial score (nSPS) is 18.3. The number of imidazole rings is 1. The number of hydrogen-bond donors (Lipinski definition) is 0. The van der Waals surface area contributed by atoms with Crippen LogP contribution in [0.2, 0.25) is 0 Å². The van der Waals surface area contributed by atoms with Gasteiger partial charge in [0, 0.05) is 56.3 Å². The van der Waals surface area contributed by atoms with Crippen molar-refractivity contribution in [3.8, 4) is 0 Å². The van der Waals surface area contributed by atoms with Crippen LogP contribution in [0.1, 0.15) is 18.5 Å². The molecule has 128 valence electrons. The molecule has 0 radical (unpaired) electrons. The van der Waals surface area contributed by atoms with Crippen molar-refractivity contribution < 1.29 is 9.53 Å². The first kappa shape index (κ1) is 16.6. The van der Waals surface area contributed by atoms with E-state index >= 15 is 0 Å². The summed E-state index contributed by atoms with van der Waals surface area (Å²) >= 11 is 0. The largest absolute Gasteiger partial charge is 0.379 e. The molecule has 7 heteroatoms. The lowest BCUT2D eigenvalue weighted by molar-refractivity contribution is -0.131. The van der Waals surface area contributed by atoms with Gasteiger partial charge in [-0.15, -0.1) is 0 Å². The third kappa shape index (κ3) is 4.86. The zero-order valence-corrected chi connectivity index (χ0v) is 13.8. The summed E-state index contributed by atoms with van der Waals surface area (Å²) in [7, 11) is 0. The number of rotatable bonds is 6. The van der Waals surface area contributed by atoms with Gasteiger partial charge in [0.1, 0.15) is 6.33 Å². The quantitative estimate of drug-likeness (QED) is 0.795. The lowest BCUT2D eigenvalue weighted by Crippen LogP contribution is -2.36. The lowest BCUT2D eigenvalue weighted by Gasteiger charge is -2.23. The minimum absolute atomic E-state index is 0.202. The Morgan fingerprint density at radius 1 is 1.33 bits per heavy atom. The van der Waals surface area contributed by atoms with E-state index in [4.69, 9.17) is 4.74 Å². The van der Waals surface area contributed by atoms with Gasteiger partial charge in [-0.05, 0) is 18.9 Å². The van der Waals surface area contributed by atoms with Gasteiger partial charge in [0.25, 0.3) is 0 Å². The average molecular weight is 329 g/mol. The molecule has 3 rings (SSSR count). The standard InChI is InChI=1S/C17H23N5O2/c23-17(2-1-6-21-7-5-19-14-21)22-8-9-24-12-15(11-22)10-16-3-4-18-13-20-16/h3-5,7,13-15H,1-2,6,8-12H2/t15-/m1/s1. The van der Waals surface area contributed by atoms with Crippen molar-refractivity contribution in [3.05, 3.63) is 43.0 Å². The Morgan fingerprint density at radius 2 is 2.29 bits per heavy atom. The Labute approximate surface area is 141 Å². The number of nitrogens with zero attached hydrogens (tertiary/aromatic N) is 5. The van der Waals surface area contributed by atoms with Crippen LogP contribution < -0.4 is 0 Å². The SMILES string of the molecule is O=C(CCCn1ccnc1)N1CCOC[C@H](Cc2ccncn2)C1. The number of amides is 1. The predicted molar refractivity (Wildman–Crippen MR) is 88.1 cm³/mol. The van der Waals surface area contributed by atoms with Gasteiger partial charge in [-0.2, -0.15) is 0 Å². The number of ether oxygens (including phenoxy) is 1. The first-order valence-electron chi connectivity index (χ1n) is 8.37. The Balaban J connectivity index is 1.49. The molecule has 1 atom stereocenters. The molecule has 3 heterocycles. The summed E-state index contributed by atoms with van der Waals surface area (Å²) in [6.45, 7) is 3.49. The van der Waals surface area contributed by atoms with Gasteiger partial charge >= 0.3 is 0 Å². The Kier molecular flexibility index (Phi) is 5.90. The fraction of sp³-hybridized carbons (Fsp3) is 0.529. The highest BCUT2D eigenvalue weighted by atomic mass is 16.5. The van der Waals surface area contributed by atoms with Crippen LogP contribution in [-0.2, 0) is 22.5 Å². The highest BCUT2D eigenvalue weighted by Crippen LogP contribution is 2.14. The fourth-order valence-corrected chi connectivity index (χ4v) is 2.95. The Bertz CT molecular complexity index is 617. The predicted octanol–water partition coefficient (Wildman–Crippen LogP) is 1.17. The van der Waals surface area contributed by atoms with E-state index in [2.05, 4.69) is 15.0 Å². The first-order valence-corrected chi connectivity index (χ1v) is 8.37. The van der Waals surface area contributed by atoms with Gasteiger partial charge in [-0.3, -0.25) is 4.79 Å². The summed E-state index contributed by atoms with van der Waals surface area (Å²) in [5, 5.41) is 0. The van der Waals surface area contributed by atoms with Gasteiger partial charge in [0.15, 0.2) is 0 Å². The molecule has 0 unspecified atom stereocenters. The second kappa shape index (κ2) is 8.54. The van der Waals surface area contributed by atoms with Gasteiger partial charge < -0.3 is 14.2 Å². The maximum Gasteiger partial charge on any atom is 0.222 e. The summed E-state index contributed by atoms with van der Waals surface area (Å²) in [4.78, 5) is 26.7. The number of carbonyl (C=O) groups is 1. The molecule has 2 aromatic rings. The van der Waals surface area contributed by atoms with Crippen molar-refractivity contribution >= 4 is 5.91 Å². The number of aromatic nitrogens is 4. The van der Waals surface area contributed by atoms with Crippen molar-refractivity contribution in [2.75, 3.05) is 26.3 Å². The molecule has 7 nitrogen and oxygen atoms in total. The minimum atomic E-state index is 0.202. The highest BCUT2D eigenvalue weighted by molar-refractivity contribution is 5.76. The second-order valence-electron chi connectivity index (χ2n) is 6.09. The monoisotopic (exact) mass is 329 g/mol. The van der Waals surface area contributed by atoms with Crippen LogP contribution in [-0.4, -0.2) is 56.6 Å². The van der Waals surface area contributed by atoms with Gasteiger partial charge in [-0.1, -0.05) is 0 Å². The summed E-state index contributed by atoms with van der Waals surface area (Å²) in [6, 6.07) is 1.92. The third-order valence-electron chi connectivity index (χ3n) is 4.20. The van der Waals surface area contributed by atoms with Crippen molar-refractivity contribution in [3.63, 3.8) is 0 Å². The summed E-state index contributed by atoms with van der Waals surface area (Å²) < 4.78 is 7.67. The van der Waals surface area contributed by atoms with Crippen molar-refractivity contribution in [2.45, 2.75) is 25.8 Å². The molecule has 0 bridgehead atoms. The zero-order valence-electron chi connectivity index (χ0n) is 13.8. The Hall–Kier alpha value is -2.28. The molecule has 0 aromatic carbocycles. The van der Waals surface area contributed by atoms with Crippen molar-refractivity contribution in [1.82, 2.24) is 24.4 Å². The molecule has 24 heavy (non-hydrogen) atoms. The van der Waals surface area contributed by atoms with Crippen LogP contribution in [0, 0.1) is 5.92 Å². The van der Waals surface area contributed by atoms with Crippen molar-refractivity contribution in [1.29, 1.82) is 0 Å². The maximum absolute atomic E-state index is 12.5. The van der Waals surface area contributed by atoms with Crippen LogP contribution in [0.15, 0.2) is 37.3 Å². The van der Waals surface area contributed by atoms with E-state index < -0.39 is 0 Å². The van der Waals surface area contributed by atoms with E-state index in [0.29, 0.717) is 26.2 Å². The number of aryl methyl sites for hydroxylation is 1. The average Bonchev–Trinajstić information content (AvgIpc) is 3.01. The molecule has 0 aliphatic carbocycles. The van der Waals surface area contributed by atoms with Crippen LogP contribution in [0.3, 0.4) is 0 Å². The summed E-state index contributed by atoms with van der Waals surface area (Å²) in [6.07, 6.45) is 10.9. The molecule has 1 saturated heterocycles. The van der Waals surface area contributed by atoms with Crippen LogP contribution >= 0.6 is 0 Å². The molecule has 1 amide bonds. The smallest absolute Gasteiger partial charge is 0.222 e. The second-order valence-corrected chi connectivity index (χ2v) is 6.09. The van der Waals surface area contributed by atoms with Crippen LogP contribution in [0.25, 0.3) is 0 Å².